The number of nitrogens with two attached hydrogens (primary N) is 3. The molecule has 0 heterocycles. The first-order chi connectivity index (χ1) is 16.6. The summed E-state index contributed by atoms with van der Waals surface area (Å²) in [5, 5.41) is 25.3. The van der Waals surface area contributed by atoms with Crippen LogP contribution in [0, 0.1) is 17.2 Å². The summed E-state index contributed by atoms with van der Waals surface area (Å²) < 4.78 is 0. The van der Waals surface area contributed by atoms with E-state index in [-0.39, 0.29) is 0 Å². The van der Waals surface area contributed by atoms with Crippen molar-refractivity contribution in [1.82, 2.24) is 26.6 Å². The van der Waals surface area contributed by atoms with Crippen molar-refractivity contribution in [2.24, 2.45) is 29.0 Å². The lowest BCUT2D eigenvalue weighted by Gasteiger charge is -2.20. The van der Waals surface area contributed by atoms with Crippen LogP contribution in [0.1, 0.15) is 58.3 Å². The molecular formula is C25H59N9. The highest BCUT2D eigenvalue weighted by Gasteiger charge is 2.12. The van der Waals surface area contributed by atoms with Gasteiger partial charge >= 0.3 is 0 Å². The Morgan fingerprint density at radius 1 is 0.559 bits per heavy atom. The van der Waals surface area contributed by atoms with E-state index in [4.69, 9.17) is 22.6 Å². The van der Waals surface area contributed by atoms with Crippen LogP contribution in [0.25, 0.3) is 0 Å². The van der Waals surface area contributed by atoms with Gasteiger partial charge in [0.05, 0.1) is 0 Å². The van der Waals surface area contributed by atoms with E-state index in [1.807, 2.05) is 0 Å². The van der Waals surface area contributed by atoms with E-state index in [0.717, 1.165) is 102 Å². The predicted molar refractivity (Wildman–Crippen MR) is 149 cm³/mol. The molecule has 0 saturated carbocycles. The molecule has 0 saturated heterocycles. The van der Waals surface area contributed by atoms with Gasteiger partial charge in [0.25, 0.3) is 0 Å². The highest BCUT2D eigenvalue weighted by Crippen LogP contribution is 2.22. The predicted octanol–water partition coefficient (Wildman–Crippen LogP) is 0.203. The van der Waals surface area contributed by atoms with Crippen LogP contribution in [0.2, 0.25) is 0 Å². The quantitative estimate of drug-likeness (QED) is 0.0561. The Morgan fingerprint density at radius 3 is 1.68 bits per heavy atom. The summed E-state index contributed by atoms with van der Waals surface area (Å²) in [5.74, 6) is 1.48. The first-order valence-electron chi connectivity index (χ1n) is 13.8. The van der Waals surface area contributed by atoms with Gasteiger partial charge in [-0.1, -0.05) is 26.2 Å². The second kappa shape index (κ2) is 26.9. The highest BCUT2D eigenvalue weighted by atomic mass is 15.0. The number of rotatable bonds is 28. The van der Waals surface area contributed by atoms with Crippen LogP contribution in [0.5, 0.6) is 0 Å². The Kier molecular flexibility index (Phi) is 26.4. The molecular weight excluding hydrogens is 426 g/mol. The normalized spacial score (nSPS) is 13.3. The fourth-order valence-corrected chi connectivity index (χ4v) is 4.01. The van der Waals surface area contributed by atoms with Crippen molar-refractivity contribution in [3.8, 4) is 0 Å². The maximum atomic E-state index is 8.22. The van der Waals surface area contributed by atoms with Gasteiger partial charge in [-0.05, 0) is 57.0 Å². The fourth-order valence-electron chi connectivity index (χ4n) is 4.01. The smallest absolute Gasteiger partial charge is 0.0102 e. The zero-order valence-electron chi connectivity index (χ0n) is 22.2. The third kappa shape index (κ3) is 24.5. The summed E-state index contributed by atoms with van der Waals surface area (Å²) in [6.07, 6.45) is 9.14. The number of hydrogen-bond acceptors (Lipinski definition) is 9. The lowest BCUT2D eigenvalue weighted by molar-refractivity contribution is 0.348. The zero-order valence-corrected chi connectivity index (χ0v) is 22.2. The van der Waals surface area contributed by atoms with Crippen LogP contribution in [0.15, 0.2) is 0 Å². The molecule has 204 valence electrons. The van der Waals surface area contributed by atoms with E-state index in [2.05, 4.69) is 33.5 Å². The Hall–Kier alpha value is -0.650. The topological polar surface area (TPSA) is 162 Å². The average molecular weight is 486 g/mol. The molecule has 0 aromatic heterocycles. The molecule has 9 nitrogen and oxygen atoms in total. The molecule has 34 heavy (non-hydrogen) atoms. The van der Waals surface area contributed by atoms with Crippen LogP contribution in [0.3, 0.4) is 0 Å². The minimum Gasteiger partial charge on any atom is -0.329 e. The highest BCUT2D eigenvalue weighted by molar-refractivity contribution is 5.81. The summed E-state index contributed by atoms with van der Waals surface area (Å²) in [7, 11) is 0. The van der Waals surface area contributed by atoms with Crippen LogP contribution in [0.4, 0.5) is 0 Å². The van der Waals surface area contributed by atoms with Gasteiger partial charge in [0.1, 0.15) is 0 Å². The molecule has 0 aliphatic rings. The molecule has 0 aliphatic heterocycles. The average Bonchev–Trinajstić information content (AvgIpc) is 2.83. The molecule has 0 radical (unpaired) electrons. The molecule has 2 atom stereocenters. The summed E-state index contributed by atoms with van der Waals surface area (Å²) >= 11 is 0. The van der Waals surface area contributed by atoms with Gasteiger partial charge < -0.3 is 49.2 Å². The second-order valence-corrected chi connectivity index (χ2v) is 9.49. The third-order valence-electron chi connectivity index (χ3n) is 6.23. The molecule has 2 unspecified atom stereocenters. The van der Waals surface area contributed by atoms with Crippen LogP contribution in [-0.2, 0) is 0 Å². The van der Waals surface area contributed by atoms with Gasteiger partial charge in [0, 0.05) is 77.7 Å². The van der Waals surface area contributed by atoms with Gasteiger partial charge in [-0.2, -0.15) is 0 Å². The van der Waals surface area contributed by atoms with E-state index < -0.39 is 0 Å². The zero-order chi connectivity index (χ0) is 25.1. The van der Waals surface area contributed by atoms with E-state index >= 15 is 0 Å². The maximum Gasteiger partial charge on any atom is 0.0102 e. The van der Waals surface area contributed by atoms with Gasteiger partial charge in [0.15, 0.2) is 0 Å². The van der Waals surface area contributed by atoms with Crippen molar-refractivity contribution in [1.29, 1.82) is 5.41 Å². The van der Waals surface area contributed by atoms with Crippen molar-refractivity contribution in [2.75, 3.05) is 85.1 Å². The van der Waals surface area contributed by atoms with Crippen molar-refractivity contribution < 1.29 is 0 Å². The maximum absolute atomic E-state index is 8.22. The van der Waals surface area contributed by atoms with Crippen molar-refractivity contribution in [3.05, 3.63) is 0 Å². The Morgan fingerprint density at radius 2 is 1.06 bits per heavy atom. The first kappa shape index (κ1) is 33.4. The Labute approximate surface area is 210 Å². The summed E-state index contributed by atoms with van der Waals surface area (Å²) in [5.41, 5.74) is 17.4. The second-order valence-electron chi connectivity index (χ2n) is 9.49. The summed E-state index contributed by atoms with van der Waals surface area (Å²) in [6.45, 7) is 14.0. The van der Waals surface area contributed by atoms with Crippen LogP contribution < -0.4 is 43.8 Å². The molecule has 0 spiro atoms. The minimum absolute atomic E-state index is 0.659. The Bertz CT molecular complexity index is 423. The first-order valence-corrected chi connectivity index (χ1v) is 13.8. The van der Waals surface area contributed by atoms with Gasteiger partial charge in [-0.15, -0.1) is 0 Å². The van der Waals surface area contributed by atoms with E-state index in [0.29, 0.717) is 19.6 Å². The molecule has 0 aromatic rings. The molecule has 0 aromatic carbocycles. The van der Waals surface area contributed by atoms with Crippen molar-refractivity contribution in [2.45, 2.75) is 58.3 Å². The molecule has 0 amide bonds. The van der Waals surface area contributed by atoms with Crippen molar-refractivity contribution >= 4 is 5.71 Å². The van der Waals surface area contributed by atoms with E-state index in [1.165, 1.54) is 32.1 Å². The molecule has 0 aliphatic carbocycles. The Balaban J connectivity index is 4.10. The lowest BCUT2D eigenvalue weighted by atomic mass is 9.88. The van der Waals surface area contributed by atoms with Crippen LogP contribution >= 0.6 is 0 Å². The fraction of sp³-hybridized carbons (Fsp3) is 0.960. The van der Waals surface area contributed by atoms with Crippen LogP contribution in [-0.4, -0.2) is 90.8 Å². The summed E-state index contributed by atoms with van der Waals surface area (Å²) in [6, 6.07) is 0. The van der Waals surface area contributed by atoms with Gasteiger partial charge in [0.2, 0.25) is 0 Å². The van der Waals surface area contributed by atoms with Crippen molar-refractivity contribution in [3.63, 3.8) is 0 Å². The largest absolute Gasteiger partial charge is 0.329 e. The lowest BCUT2D eigenvalue weighted by Crippen LogP contribution is -2.34. The van der Waals surface area contributed by atoms with Gasteiger partial charge in [-0.3, -0.25) is 0 Å². The molecule has 12 N–H and O–H groups in total. The van der Waals surface area contributed by atoms with E-state index in [9.17, 15) is 0 Å². The molecule has 0 bridgehead atoms. The standard InChI is InChI=1S/C25H59N9/c1-23(7-13-30-16-10-26)5-6-24(3-2-4-25(29)9-15-31-17-11-27)8-14-32-19-21-34-22-20-33-18-12-28/h23-24,29-34H,2-22,26-28H2,1H3. The molecule has 0 rings (SSSR count). The summed E-state index contributed by atoms with van der Waals surface area (Å²) in [4.78, 5) is 0. The molecule has 0 fully saturated rings. The van der Waals surface area contributed by atoms with Gasteiger partial charge in [-0.25, -0.2) is 0 Å². The minimum atomic E-state index is 0.659. The third-order valence-corrected chi connectivity index (χ3v) is 6.23. The molecule has 9 heteroatoms. The SMILES string of the molecule is CC(CCNCCN)CCC(CCCC(=N)CCNCCN)CCNCCNCCNCCN. The monoisotopic (exact) mass is 485 g/mol. The number of hydrogen-bond donors (Lipinski definition) is 9. The van der Waals surface area contributed by atoms with E-state index in [1.54, 1.807) is 0 Å². The number of nitrogens with one attached hydrogen (secondary N) is 6.